The van der Waals surface area contributed by atoms with Crippen LogP contribution in [0, 0.1) is 0 Å². The van der Waals surface area contributed by atoms with Crippen molar-refractivity contribution in [3.8, 4) is 0 Å². The normalized spacial score (nSPS) is 16.7. The summed E-state index contributed by atoms with van der Waals surface area (Å²) in [5, 5.41) is 6.02. The summed E-state index contributed by atoms with van der Waals surface area (Å²) in [6, 6.07) is 6.14. The quantitative estimate of drug-likeness (QED) is 0.654. The summed E-state index contributed by atoms with van der Waals surface area (Å²) in [7, 11) is -1.96. The molecular formula is C16H26ClN3O4S. The number of carbonyl (C=O) groups is 1. The molecule has 1 heterocycles. The van der Waals surface area contributed by atoms with Gasteiger partial charge >= 0.3 is 0 Å². The van der Waals surface area contributed by atoms with E-state index in [1.165, 1.54) is 12.1 Å². The number of nitrogens with one attached hydrogen (secondary N) is 3. The van der Waals surface area contributed by atoms with Gasteiger partial charge < -0.3 is 15.4 Å². The fraction of sp³-hybridized carbons (Fsp3) is 0.562. The maximum absolute atomic E-state index is 12.5. The fourth-order valence-corrected chi connectivity index (χ4v) is 3.77. The Labute approximate surface area is 155 Å². The molecule has 1 fully saturated rings. The van der Waals surface area contributed by atoms with Gasteiger partial charge in [-0.1, -0.05) is 6.92 Å². The van der Waals surface area contributed by atoms with Gasteiger partial charge in [-0.2, -0.15) is 0 Å². The highest BCUT2D eigenvalue weighted by Crippen LogP contribution is 2.25. The molecule has 0 aromatic heterocycles. The van der Waals surface area contributed by atoms with Crippen molar-refractivity contribution in [3.63, 3.8) is 0 Å². The Morgan fingerprint density at radius 2 is 1.84 bits per heavy atom. The van der Waals surface area contributed by atoms with Crippen LogP contribution in [0.2, 0.25) is 0 Å². The molecule has 0 spiro atoms. The topological polar surface area (TPSA) is 96.5 Å². The number of piperidine rings is 1. The number of hydrogen-bond acceptors (Lipinski definition) is 5. The van der Waals surface area contributed by atoms with Crippen LogP contribution in [0.4, 0.5) is 5.69 Å². The molecule has 0 unspecified atom stereocenters. The van der Waals surface area contributed by atoms with E-state index in [9.17, 15) is 13.2 Å². The number of carbonyl (C=O) groups excluding carboxylic acids is 1. The Hall–Kier alpha value is -1.19. The van der Waals surface area contributed by atoms with Crippen molar-refractivity contribution < 1.29 is 17.9 Å². The second-order valence-electron chi connectivity index (χ2n) is 5.82. The number of amides is 1. The molecule has 1 saturated heterocycles. The number of ether oxygens (including phenoxy) is 1. The first-order chi connectivity index (χ1) is 11.4. The largest absolute Gasteiger partial charge is 0.368 e. The Balaban J connectivity index is 0.00000312. The van der Waals surface area contributed by atoms with Gasteiger partial charge in [-0.15, -0.1) is 12.4 Å². The summed E-state index contributed by atoms with van der Waals surface area (Å²) < 4.78 is 32.1. The summed E-state index contributed by atoms with van der Waals surface area (Å²) in [6.45, 7) is 3.74. The van der Waals surface area contributed by atoms with Crippen LogP contribution in [0.15, 0.2) is 29.2 Å². The summed E-state index contributed by atoms with van der Waals surface area (Å²) in [5.41, 5.74) is -0.289. The van der Waals surface area contributed by atoms with Gasteiger partial charge in [-0.05, 0) is 56.6 Å². The molecule has 0 aliphatic carbocycles. The summed E-state index contributed by atoms with van der Waals surface area (Å²) >= 11 is 0. The van der Waals surface area contributed by atoms with E-state index < -0.39 is 15.6 Å². The van der Waals surface area contributed by atoms with E-state index in [2.05, 4.69) is 15.4 Å². The first-order valence-electron chi connectivity index (χ1n) is 8.10. The third-order valence-electron chi connectivity index (χ3n) is 4.18. The molecule has 7 nitrogen and oxygen atoms in total. The average Bonchev–Trinajstić information content (AvgIpc) is 2.61. The van der Waals surface area contributed by atoms with E-state index in [0.717, 1.165) is 19.5 Å². The lowest BCUT2D eigenvalue weighted by molar-refractivity contribution is -0.140. The van der Waals surface area contributed by atoms with Crippen LogP contribution < -0.4 is 15.4 Å². The standard InChI is InChI=1S/C16H25N3O4S.ClH/c1-3-10-18-24(21,22)14-6-4-13(5-7-14)19-15(20)16(23-2)8-11-17-12-9-16;/h4-7,17-18H,3,8-12H2,1-2H3,(H,19,20);1H. The van der Waals surface area contributed by atoms with Crippen molar-refractivity contribution in [1.29, 1.82) is 0 Å². The van der Waals surface area contributed by atoms with Crippen LogP contribution in [0.25, 0.3) is 0 Å². The van der Waals surface area contributed by atoms with Gasteiger partial charge in [0.1, 0.15) is 5.60 Å². The number of anilines is 1. The van der Waals surface area contributed by atoms with Crippen LogP contribution in [-0.2, 0) is 19.6 Å². The third kappa shape index (κ3) is 5.39. The van der Waals surface area contributed by atoms with Crippen LogP contribution in [0.5, 0.6) is 0 Å². The average molecular weight is 392 g/mol. The summed E-state index contributed by atoms with van der Waals surface area (Å²) in [5.74, 6) is -0.203. The second kappa shape index (κ2) is 9.49. The number of sulfonamides is 1. The molecule has 2 rings (SSSR count). The van der Waals surface area contributed by atoms with Crippen LogP contribution in [0.3, 0.4) is 0 Å². The van der Waals surface area contributed by atoms with E-state index in [1.807, 2.05) is 6.92 Å². The van der Waals surface area contributed by atoms with Crippen molar-refractivity contribution in [2.45, 2.75) is 36.7 Å². The maximum Gasteiger partial charge on any atom is 0.256 e. The molecule has 142 valence electrons. The summed E-state index contributed by atoms with van der Waals surface area (Å²) in [4.78, 5) is 12.7. The molecule has 1 aromatic carbocycles. The minimum Gasteiger partial charge on any atom is -0.368 e. The SMILES string of the molecule is CCCNS(=O)(=O)c1ccc(NC(=O)C2(OC)CCNCC2)cc1.Cl. The first kappa shape index (κ1) is 21.9. The highest BCUT2D eigenvalue weighted by Gasteiger charge is 2.39. The van der Waals surface area contributed by atoms with E-state index in [1.54, 1.807) is 19.2 Å². The van der Waals surface area contributed by atoms with Crippen LogP contribution >= 0.6 is 12.4 Å². The zero-order valence-electron chi connectivity index (χ0n) is 14.5. The van der Waals surface area contributed by atoms with Gasteiger partial charge in [0, 0.05) is 19.3 Å². The molecule has 9 heteroatoms. The van der Waals surface area contributed by atoms with Gasteiger partial charge in [0.05, 0.1) is 4.90 Å². The van der Waals surface area contributed by atoms with Gasteiger partial charge in [-0.3, -0.25) is 4.79 Å². The molecule has 1 aliphatic rings. The molecule has 1 amide bonds. The van der Waals surface area contributed by atoms with E-state index >= 15 is 0 Å². The van der Waals surface area contributed by atoms with E-state index in [-0.39, 0.29) is 23.2 Å². The Kier molecular flexibility index (Phi) is 8.30. The number of methoxy groups -OCH3 is 1. The first-order valence-corrected chi connectivity index (χ1v) is 9.59. The maximum atomic E-state index is 12.5. The van der Waals surface area contributed by atoms with Gasteiger partial charge in [-0.25, -0.2) is 13.1 Å². The van der Waals surface area contributed by atoms with Crippen molar-refractivity contribution >= 4 is 34.0 Å². The van der Waals surface area contributed by atoms with E-state index in [0.29, 0.717) is 25.1 Å². The lowest BCUT2D eigenvalue weighted by Gasteiger charge is -2.34. The molecule has 0 bridgehead atoms. The summed E-state index contributed by atoms with van der Waals surface area (Å²) in [6.07, 6.45) is 1.92. The molecule has 0 radical (unpaired) electrons. The Morgan fingerprint density at radius 3 is 2.36 bits per heavy atom. The fourth-order valence-electron chi connectivity index (χ4n) is 2.64. The number of benzene rings is 1. The number of rotatable bonds is 7. The number of hydrogen-bond donors (Lipinski definition) is 3. The number of halogens is 1. The zero-order valence-corrected chi connectivity index (χ0v) is 16.1. The van der Waals surface area contributed by atoms with Crippen molar-refractivity contribution in [1.82, 2.24) is 10.0 Å². The van der Waals surface area contributed by atoms with Gasteiger partial charge in [0.25, 0.3) is 5.91 Å². The predicted molar refractivity (Wildman–Crippen MR) is 99.6 cm³/mol. The molecule has 0 saturated carbocycles. The molecule has 25 heavy (non-hydrogen) atoms. The van der Waals surface area contributed by atoms with Crippen LogP contribution in [0.1, 0.15) is 26.2 Å². The molecule has 0 atom stereocenters. The van der Waals surface area contributed by atoms with Crippen LogP contribution in [-0.4, -0.2) is 46.7 Å². The smallest absolute Gasteiger partial charge is 0.256 e. The highest BCUT2D eigenvalue weighted by molar-refractivity contribution is 7.89. The minimum atomic E-state index is -3.50. The second-order valence-corrected chi connectivity index (χ2v) is 7.59. The predicted octanol–water partition coefficient (Wildman–Crippen LogP) is 1.50. The molecule has 3 N–H and O–H groups in total. The molecular weight excluding hydrogens is 366 g/mol. The third-order valence-corrected chi connectivity index (χ3v) is 5.66. The van der Waals surface area contributed by atoms with E-state index in [4.69, 9.17) is 4.74 Å². The van der Waals surface area contributed by atoms with Crippen molar-refractivity contribution in [2.75, 3.05) is 32.1 Å². The van der Waals surface area contributed by atoms with Crippen molar-refractivity contribution in [2.24, 2.45) is 0 Å². The lowest BCUT2D eigenvalue weighted by atomic mass is 9.91. The Morgan fingerprint density at radius 1 is 1.24 bits per heavy atom. The van der Waals surface area contributed by atoms with Gasteiger partial charge in [0.2, 0.25) is 10.0 Å². The zero-order chi connectivity index (χ0) is 17.6. The highest BCUT2D eigenvalue weighted by atomic mass is 35.5. The molecule has 1 aliphatic heterocycles. The molecule has 1 aromatic rings. The minimum absolute atomic E-state index is 0. The monoisotopic (exact) mass is 391 g/mol. The Bertz CT molecular complexity index is 658. The van der Waals surface area contributed by atoms with Gasteiger partial charge in [0.15, 0.2) is 0 Å². The van der Waals surface area contributed by atoms with Crippen molar-refractivity contribution in [3.05, 3.63) is 24.3 Å². The lowest BCUT2D eigenvalue weighted by Crippen LogP contribution is -2.51.